The third kappa shape index (κ3) is 4.53. The molecule has 0 aromatic heterocycles. The Kier molecular flexibility index (Phi) is 5.49. The van der Waals surface area contributed by atoms with E-state index in [0.29, 0.717) is 32.5 Å². The van der Waals surface area contributed by atoms with Gasteiger partial charge < -0.3 is 11.1 Å². The van der Waals surface area contributed by atoms with Crippen molar-refractivity contribution < 1.29 is 14.0 Å². The first-order valence-corrected chi connectivity index (χ1v) is 7.52. The van der Waals surface area contributed by atoms with E-state index in [2.05, 4.69) is 5.32 Å². The summed E-state index contributed by atoms with van der Waals surface area (Å²) in [6.07, 6.45) is 1.41. The highest BCUT2D eigenvalue weighted by Gasteiger charge is 2.24. The molecule has 0 bridgehead atoms. The molecule has 1 heterocycles. The fraction of sp³-hybridized carbons (Fsp3) is 0.500. The second kappa shape index (κ2) is 7.35. The van der Waals surface area contributed by atoms with E-state index in [0.717, 1.165) is 5.56 Å². The van der Waals surface area contributed by atoms with Gasteiger partial charge in [0, 0.05) is 5.92 Å². The van der Waals surface area contributed by atoms with Crippen LogP contribution in [-0.2, 0) is 9.59 Å². The van der Waals surface area contributed by atoms with Crippen molar-refractivity contribution in [2.45, 2.75) is 25.8 Å². The second-order valence-electron chi connectivity index (χ2n) is 5.79. The van der Waals surface area contributed by atoms with Gasteiger partial charge in [0.05, 0.1) is 12.6 Å². The van der Waals surface area contributed by atoms with E-state index >= 15 is 0 Å². The minimum absolute atomic E-state index is 0.0718. The number of hydrogen-bond donors (Lipinski definition) is 2. The highest BCUT2D eigenvalue weighted by Crippen LogP contribution is 2.17. The van der Waals surface area contributed by atoms with Gasteiger partial charge in [-0.2, -0.15) is 0 Å². The zero-order chi connectivity index (χ0) is 16.1. The predicted octanol–water partition coefficient (Wildman–Crippen LogP) is 1.20. The number of primary amides is 1. The van der Waals surface area contributed by atoms with Gasteiger partial charge in [0.2, 0.25) is 11.8 Å². The molecule has 120 valence electrons. The molecule has 6 heteroatoms. The van der Waals surface area contributed by atoms with Crippen LogP contribution in [0.15, 0.2) is 24.3 Å². The molecule has 5 nitrogen and oxygen atoms in total. The van der Waals surface area contributed by atoms with Crippen LogP contribution in [0.1, 0.15) is 31.4 Å². The van der Waals surface area contributed by atoms with Crippen LogP contribution in [-0.4, -0.2) is 36.3 Å². The number of rotatable bonds is 5. The molecule has 1 aliphatic heterocycles. The molecule has 2 amide bonds. The molecular weight excluding hydrogens is 285 g/mol. The Morgan fingerprint density at radius 3 is 2.45 bits per heavy atom. The molecule has 0 radical (unpaired) electrons. The lowest BCUT2D eigenvalue weighted by Gasteiger charge is -2.30. The first kappa shape index (κ1) is 16.4. The zero-order valence-electron chi connectivity index (χ0n) is 12.7. The van der Waals surface area contributed by atoms with E-state index in [1.165, 1.54) is 12.1 Å². The summed E-state index contributed by atoms with van der Waals surface area (Å²) in [5.41, 5.74) is 6.15. The van der Waals surface area contributed by atoms with Crippen molar-refractivity contribution in [3.05, 3.63) is 35.6 Å². The molecular formula is C16H22FN3O2. The van der Waals surface area contributed by atoms with Crippen LogP contribution >= 0.6 is 0 Å². The Morgan fingerprint density at radius 2 is 1.91 bits per heavy atom. The van der Waals surface area contributed by atoms with Crippen molar-refractivity contribution in [2.24, 2.45) is 11.7 Å². The number of halogens is 1. The van der Waals surface area contributed by atoms with E-state index in [1.54, 1.807) is 12.1 Å². The molecule has 1 aromatic rings. The van der Waals surface area contributed by atoms with E-state index in [1.807, 2.05) is 11.8 Å². The topological polar surface area (TPSA) is 75.4 Å². The van der Waals surface area contributed by atoms with Gasteiger partial charge in [0.15, 0.2) is 0 Å². The van der Waals surface area contributed by atoms with Crippen molar-refractivity contribution in [1.82, 2.24) is 10.2 Å². The van der Waals surface area contributed by atoms with Gasteiger partial charge >= 0.3 is 0 Å². The smallest absolute Gasteiger partial charge is 0.234 e. The first-order valence-electron chi connectivity index (χ1n) is 7.52. The number of carbonyl (C=O) groups excluding carboxylic acids is 2. The van der Waals surface area contributed by atoms with Crippen molar-refractivity contribution in [3.8, 4) is 0 Å². The molecule has 1 unspecified atom stereocenters. The lowest BCUT2D eigenvalue weighted by Crippen LogP contribution is -2.44. The summed E-state index contributed by atoms with van der Waals surface area (Å²) in [7, 11) is 0. The third-order valence-electron chi connectivity index (χ3n) is 4.10. The third-order valence-corrected chi connectivity index (χ3v) is 4.10. The lowest BCUT2D eigenvalue weighted by atomic mass is 9.96. The summed E-state index contributed by atoms with van der Waals surface area (Å²) in [6, 6.07) is 5.92. The average molecular weight is 307 g/mol. The van der Waals surface area contributed by atoms with E-state index < -0.39 is 0 Å². The Hall–Kier alpha value is -1.95. The van der Waals surface area contributed by atoms with Gasteiger partial charge in [-0.05, 0) is 50.6 Å². The summed E-state index contributed by atoms with van der Waals surface area (Å²) in [5, 5.41) is 2.90. The molecule has 2 rings (SSSR count). The fourth-order valence-electron chi connectivity index (χ4n) is 2.70. The lowest BCUT2D eigenvalue weighted by molar-refractivity contribution is -0.124. The number of likely N-dealkylation sites (tertiary alicyclic amines) is 1. The molecule has 0 spiro atoms. The van der Waals surface area contributed by atoms with Crippen molar-refractivity contribution in [1.29, 1.82) is 0 Å². The Labute approximate surface area is 129 Å². The van der Waals surface area contributed by atoms with Gasteiger partial charge in [-0.3, -0.25) is 14.5 Å². The SMILES string of the molecule is CC(NC(=O)CN1CCC(C(N)=O)CC1)c1ccc(F)cc1. The van der Waals surface area contributed by atoms with E-state index in [4.69, 9.17) is 5.73 Å². The normalized spacial score (nSPS) is 17.9. The number of nitrogens with one attached hydrogen (secondary N) is 1. The zero-order valence-corrected chi connectivity index (χ0v) is 12.7. The highest BCUT2D eigenvalue weighted by molar-refractivity contribution is 5.79. The minimum Gasteiger partial charge on any atom is -0.369 e. The standard InChI is InChI=1S/C16H22FN3O2/c1-11(12-2-4-14(17)5-3-12)19-15(21)10-20-8-6-13(7-9-20)16(18)22/h2-5,11,13H,6-10H2,1H3,(H2,18,22)(H,19,21). The molecule has 0 saturated carbocycles. The number of benzene rings is 1. The van der Waals surface area contributed by atoms with Gasteiger partial charge in [-0.25, -0.2) is 4.39 Å². The number of nitrogens with zero attached hydrogens (tertiary/aromatic N) is 1. The summed E-state index contributed by atoms with van der Waals surface area (Å²) in [5.74, 6) is -0.694. The number of hydrogen-bond acceptors (Lipinski definition) is 3. The van der Waals surface area contributed by atoms with Crippen molar-refractivity contribution >= 4 is 11.8 Å². The number of piperidine rings is 1. The predicted molar refractivity (Wildman–Crippen MR) is 81.3 cm³/mol. The van der Waals surface area contributed by atoms with Gasteiger partial charge in [0.25, 0.3) is 0 Å². The monoisotopic (exact) mass is 307 g/mol. The van der Waals surface area contributed by atoms with Crippen molar-refractivity contribution in [2.75, 3.05) is 19.6 Å². The summed E-state index contributed by atoms with van der Waals surface area (Å²) >= 11 is 0. The summed E-state index contributed by atoms with van der Waals surface area (Å²) in [6.45, 7) is 3.57. The quantitative estimate of drug-likeness (QED) is 0.858. The summed E-state index contributed by atoms with van der Waals surface area (Å²) < 4.78 is 12.9. The molecule has 1 aliphatic rings. The van der Waals surface area contributed by atoms with Gasteiger partial charge in [-0.1, -0.05) is 12.1 Å². The Bertz CT molecular complexity index is 525. The number of amides is 2. The average Bonchev–Trinajstić information content (AvgIpc) is 2.48. The molecule has 1 fully saturated rings. The molecule has 1 saturated heterocycles. The maximum Gasteiger partial charge on any atom is 0.234 e. The highest BCUT2D eigenvalue weighted by atomic mass is 19.1. The van der Waals surface area contributed by atoms with Crippen LogP contribution in [0.2, 0.25) is 0 Å². The van der Waals surface area contributed by atoms with E-state index in [-0.39, 0.29) is 29.6 Å². The number of carbonyl (C=O) groups is 2. The fourth-order valence-corrected chi connectivity index (χ4v) is 2.70. The second-order valence-corrected chi connectivity index (χ2v) is 5.79. The minimum atomic E-state index is -0.292. The molecule has 0 aliphatic carbocycles. The van der Waals surface area contributed by atoms with Crippen LogP contribution in [0, 0.1) is 11.7 Å². The van der Waals surface area contributed by atoms with Crippen LogP contribution in [0.3, 0.4) is 0 Å². The maximum atomic E-state index is 12.9. The molecule has 1 atom stereocenters. The first-order chi connectivity index (χ1) is 10.5. The largest absolute Gasteiger partial charge is 0.369 e. The Morgan fingerprint density at radius 1 is 1.32 bits per heavy atom. The van der Waals surface area contributed by atoms with Crippen LogP contribution in [0.5, 0.6) is 0 Å². The molecule has 22 heavy (non-hydrogen) atoms. The maximum absolute atomic E-state index is 12.9. The summed E-state index contributed by atoms with van der Waals surface area (Å²) in [4.78, 5) is 25.2. The van der Waals surface area contributed by atoms with Crippen LogP contribution < -0.4 is 11.1 Å². The van der Waals surface area contributed by atoms with Gasteiger partial charge in [-0.15, -0.1) is 0 Å². The van der Waals surface area contributed by atoms with E-state index in [9.17, 15) is 14.0 Å². The van der Waals surface area contributed by atoms with Crippen molar-refractivity contribution in [3.63, 3.8) is 0 Å². The molecule has 3 N–H and O–H groups in total. The van der Waals surface area contributed by atoms with Crippen LogP contribution in [0.4, 0.5) is 4.39 Å². The van der Waals surface area contributed by atoms with Crippen LogP contribution in [0.25, 0.3) is 0 Å². The molecule has 1 aromatic carbocycles. The number of nitrogens with two attached hydrogens (primary N) is 1. The Balaban J connectivity index is 1.78. The van der Waals surface area contributed by atoms with Gasteiger partial charge in [0.1, 0.15) is 5.82 Å².